The van der Waals surface area contributed by atoms with Gasteiger partial charge in [0.25, 0.3) is 0 Å². The summed E-state index contributed by atoms with van der Waals surface area (Å²) in [6, 6.07) is 5.33. The number of hydrogen-bond acceptors (Lipinski definition) is 3. The average molecular weight is 332 g/mol. The van der Waals surface area contributed by atoms with Crippen LogP contribution in [0.2, 0.25) is 0 Å². The summed E-state index contributed by atoms with van der Waals surface area (Å²) in [5.74, 6) is 0.655. The van der Waals surface area contributed by atoms with Crippen LogP contribution in [0.3, 0.4) is 0 Å². The summed E-state index contributed by atoms with van der Waals surface area (Å²) in [4.78, 5) is 28.8. The molecule has 0 spiro atoms. The highest BCUT2D eigenvalue weighted by atomic mass is 16.5. The highest BCUT2D eigenvalue weighted by molar-refractivity contribution is 6.01. The van der Waals surface area contributed by atoms with Gasteiger partial charge >= 0.3 is 0 Å². The van der Waals surface area contributed by atoms with E-state index in [1.54, 1.807) is 23.8 Å². The fraction of sp³-hybridized carbons (Fsp3) is 0.579. The molecule has 1 atom stereocenters. The molecular weight excluding hydrogens is 304 g/mol. The van der Waals surface area contributed by atoms with E-state index in [0.717, 1.165) is 11.3 Å². The lowest BCUT2D eigenvalue weighted by molar-refractivity contribution is -0.142. The second-order valence-electron chi connectivity index (χ2n) is 7.67. The maximum Gasteiger partial charge on any atom is 0.249 e. The molecule has 0 bridgehead atoms. The van der Waals surface area contributed by atoms with Gasteiger partial charge in [0.2, 0.25) is 11.8 Å². The van der Waals surface area contributed by atoms with Crippen molar-refractivity contribution in [2.45, 2.75) is 47.1 Å². The second kappa shape index (κ2) is 6.83. The van der Waals surface area contributed by atoms with E-state index in [0.29, 0.717) is 25.3 Å². The van der Waals surface area contributed by atoms with Gasteiger partial charge < -0.3 is 14.5 Å². The first kappa shape index (κ1) is 18.3. The molecule has 0 aromatic heterocycles. The van der Waals surface area contributed by atoms with Crippen LogP contribution >= 0.6 is 0 Å². The Morgan fingerprint density at radius 2 is 1.96 bits per heavy atom. The van der Waals surface area contributed by atoms with E-state index < -0.39 is 6.04 Å². The third-order valence-electron chi connectivity index (χ3n) is 4.28. The van der Waals surface area contributed by atoms with E-state index in [9.17, 15) is 9.59 Å². The van der Waals surface area contributed by atoms with Crippen LogP contribution in [0.15, 0.2) is 18.2 Å². The third-order valence-corrected chi connectivity index (χ3v) is 4.28. The molecule has 0 saturated carbocycles. The van der Waals surface area contributed by atoms with E-state index in [1.807, 2.05) is 45.9 Å². The number of piperazine rings is 1. The van der Waals surface area contributed by atoms with Crippen molar-refractivity contribution in [2.75, 3.05) is 25.1 Å². The van der Waals surface area contributed by atoms with E-state index in [1.165, 1.54) is 0 Å². The average Bonchev–Trinajstić information content (AvgIpc) is 2.48. The molecule has 1 aromatic carbocycles. The molecule has 24 heavy (non-hydrogen) atoms. The van der Waals surface area contributed by atoms with E-state index in [-0.39, 0.29) is 17.2 Å². The van der Waals surface area contributed by atoms with Crippen LogP contribution in [0.25, 0.3) is 0 Å². The Balaban J connectivity index is 2.21. The summed E-state index contributed by atoms with van der Waals surface area (Å²) >= 11 is 0. The number of hydrogen-bond donors (Lipinski definition) is 0. The van der Waals surface area contributed by atoms with Gasteiger partial charge in [0.05, 0.1) is 12.8 Å². The second-order valence-corrected chi connectivity index (χ2v) is 7.67. The minimum Gasteiger partial charge on any atom is -0.495 e. The smallest absolute Gasteiger partial charge is 0.249 e. The van der Waals surface area contributed by atoms with Crippen LogP contribution in [-0.2, 0) is 9.59 Å². The Hall–Kier alpha value is -2.04. The van der Waals surface area contributed by atoms with Gasteiger partial charge in [0.1, 0.15) is 11.8 Å². The number of carbonyl (C=O) groups excluding carboxylic acids is 2. The summed E-state index contributed by atoms with van der Waals surface area (Å²) in [7, 11) is 1.60. The van der Waals surface area contributed by atoms with Crippen molar-refractivity contribution < 1.29 is 14.3 Å². The summed E-state index contributed by atoms with van der Waals surface area (Å²) in [6.45, 7) is 10.9. The molecule has 1 aliphatic heterocycles. The van der Waals surface area contributed by atoms with Gasteiger partial charge in [-0.1, -0.05) is 26.8 Å². The highest BCUT2D eigenvalue weighted by Gasteiger charge is 2.36. The number of anilines is 1. The van der Waals surface area contributed by atoms with Gasteiger partial charge in [0, 0.05) is 19.5 Å². The van der Waals surface area contributed by atoms with Crippen molar-refractivity contribution in [1.82, 2.24) is 4.90 Å². The zero-order valence-corrected chi connectivity index (χ0v) is 15.5. The summed E-state index contributed by atoms with van der Waals surface area (Å²) in [5.41, 5.74) is 1.76. The number of methoxy groups -OCH3 is 1. The first-order valence-corrected chi connectivity index (χ1v) is 8.39. The number of ether oxygens (including phenoxy) is 1. The van der Waals surface area contributed by atoms with E-state index in [2.05, 4.69) is 0 Å². The molecule has 1 heterocycles. The topological polar surface area (TPSA) is 49.9 Å². The lowest BCUT2D eigenvalue weighted by Gasteiger charge is -2.40. The highest BCUT2D eigenvalue weighted by Crippen LogP contribution is 2.32. The van der Waals surface area contributed by atoms with Gasteiger partial charge in [-0.2, -0.15) is 0 Å². The standard InChI is InChI=1S/C19H28N2O3/c1-13-7-8-16(24-6)15(11-13)21-10-9-20(14(2)18(21)23)17(22)12-19(3,4)5/h7-8,11,14H,9-10,12H2,1-6H3. The van der Waals surface area contributed by atoms with Crippen LogP contribution in [0.5, 0.6) is 5.75 Å². The first-order chi connectivity index (χ1) is 11.1. The molecule has 5 heteroatoms. The van der Waals surface area contributed by atoms with Gasteiger partial charge in [-0.15, -0.1) is 0 Å². The number of benzene rings is 1. The monoisotopic (exact) mass is 332 g/mol. The number of amides is 2. The number of carbonyl (C=O) groups is 2. The molecule has 2 amide bonds. The Morgan fingerprint density at radius 3 is 2.54 bits per heavy atom. The van der Waals surface area contributed by atoms with Gasteiger partial charge in [-0.25, -0.2) is 0 Å². The maximum absolute atomic E-state index is 12.9. The molecule has 1 aliphatic rings. The van der Waals surface area contributed by atoms with Crippen LogP contribution in [0.4, 0.5) is 5.69 Å². The Bertz CT molecular complexity index is 634. The number of aryl methyl sites for hydroxylation is 1. The molecule has 5 nitrogen and oxygen atoms in total. The number of nitrogens with zero attached hydrogens (tertiary/aromatic N) is 2. The Kier molecular flexibility index (Phi) is 5.21. The molecule has 2 rings (SSSR count). The van der Waals surface area contributed by atoms with Crippen molar-refractivity contribution in [3.8, 4) is 5.75 Å². The normalized spacial score (nSPS) is 18.8. The van der Waals surface area contributed by atoms with E-state index >= 15 is 0 Å². The lowest BCUT2D eigenvalue weighted by Crippen LogP contribution is -2.58. The Morgan fingerprint density at radius 1 is 1.29 bits per heavy atom. The molecule has 1 fully saturated rings. The fourth-order valence-corrected chi connectivity index (χ4v) is 3.02. The van der Waals surface area contributed by atoms with Crippen molar-refractivity contribution in [1.29, 1.82) is 0 Å². The van der Waals surface area contributed by atoms with Crippen LogP contribution < -0.4 is 9.64 Å². The quantitative estimate of drug-likeness (QED) is 0.855. The molecule has 1 aromatic rings. The lowest BCUT2D eigenvalue weighted by atomic mass is 9.91. The van der Waals surface area contributed by atoms with Crippen LogP contribution in [0.1, 0.15) is 39.7 Å². The summed E-state index contributed by atoms with van der Waals surface area (Å²) in [5, 5.41) is 0. The minimum atomic E-state index is -0.459. The summed E-state index contributed by atoms with van der Waals surface area (Å²) < 4.78 is 5.40. The number of rotatable bonds is 3. The molecule has 0 N–H and O–H groups in total. The molecule has 0 radical (unpaired) electrons. The minimum absolute atomic E-state index is 0.0409. The largest absolute Gasteiger partial charge is 0.495 e. The molecule has 1 saturated heterocycles. The van der Waals surface area contributed by atoms with Crippen LogP contribution in [-0.4, -0.2) is 43.0 Å². The zero-order chi connectivity index (χ0) is 18.1. The van der Waals surface area contributed by atoms with Crippen molar-refractivity contribution >= 4 is 17.5 Å². The van der Waals surface area contributed by atoms with Gasteiger partial charge in [-0.3, -0.25) is 9.59 Å². The molecule has 132 valence electrons. The Labute approximate surface area is 144 Å². The molecule has 1 unspecified atom stereocenters. The molecule has 0 aliphatic carbocycles. The first-order valence-electron chi connectivity index (χ1n) is 8.39. The van der Waals surface area contributed by atoms with Gasteiger partial charge in [-0.05, 0) is 37.0 Å². The van der Waals surface area contributed by atoms with E-state index in [4.69, 9.17) is 4.74 Å². The predicted molar refractivity (Wildman–Crippen MR) is 95.3 cm³/mol. The third kappa shape index (κ3) is 3.89. The predicted octanol–water partition coefficient (Wildman–Crippen LogP) is 3.00. The molecular formula is C19H28N2O3. The van der Waals surface area contributed by atoms with Gasteiger partial charge in [0.15, 0.2) is 0 Å². The SMILES string of the molecule is COc1ccc(C)cc1N1CCN(C(=O)CC(C)(C)C)C(C)C1=O. The van der Waals surface area contributed by atoms with Crippen molar-refractivity contribution in [3.05, 3.63) is 23.8 Å². The fourth-order valence-electron chi connectivity index (χ4n) is 3.02. The maximum atomic E-state index is 12.9. The van der Waals surface area contributed by atoms with Crippen molar-refractivity contribution in [3.63, 3.8) is 0 Å². The zero-order valence-electron chi connectivity index (χ0n) is 15.5. The van der Waals surface area contributed by atoms with Crippen LogP contribution in [0, 0.1) is 12.3 Å². The summed E-state index contributed by atoms with van der Waals surface area (Å²) in [6.07, 6.45) is 0.443. The van der Waals surface area contributed by atoms with Crippen molar-refractivity contribution in [2.24, 2.45) is 5.41 Å².